The second kappa shape index (κ2) is 9.72. The van der Waals surface area contributed by atoms with Gasteiger partial charge in [-0.1, -0.05) is 30.7 Å². The molecule has 1 aromatic carbocycles. The van der Waals surface area contributed by atoms with Crippen LogP contribution in [0.3, 0.4) is 0 Å². The Labute approximate surface area is 142 Å². The molecule has 7 heteroatoms. The number of carbonyl (C=O) groups excluding carboxylic acids is 2. The SMILES string of the molecule is CC(=O)SCCCCCCNC(=O)c1cccc(S(C)(=O)=O)c1. The second-order valence-corrected chi connectivity index (χ2v) is 8.60. The summed E-state index contributed by atoms with van der Waals surface area (Å²) in [4.78, 5) is 22.9. The van der Waals surface area contributed by atoms with Gasteiger partial charge in [-0.3, -0.25) is 9.59 Å². The third kappa shape index (κ3) is 8.18. The molecule has 0 aliphatic carbocycles. The van der Waals surface area contributed by atoms with Crippen LogP contribution in [-0.2, 0) is 14.6 Å². The van der Waals surface area contributed by atoms with E-state index in [4.69, 9.17) is 0 Å². The maximum Gasteiger partial charge on any atom is 0.251 e. The van der Waals surface area contributed by atoms with E-state index in [9.17, 15) is 18.0 Å². The average molecular weight is 357 g/mol. The Balaban J connectivity index is 2.28. The minimum atomic E-state index is -3.31. The molecule has 0 saturated carbocycles. The molecule has 0 atom stereocenters. The van der Waals surface area contributed by atoms with Crippen molar-refractivity contribution < 1.29 is 18.0 Å². The maximum atomic E-state index is 12.0. The molecule has 0 aliphatic heterocycles. The lowest BCUT2D eigenvalue weighted by Gasteiger charge is -2.06. The summed E-state index contributed by atoms with van der Waals surface area (Å²) in [5, 5.41) is 2.94. The molecule has 5 nitrogen and oxygen atoms in total. The minimum absolute atomic E-state index is 0.146. The van der Waals surface area contributed by atoms with E-state index >= 15 is 0 Å². The van der Waals surface area contributed by atoms with E-state index in [0.717, 1.165) is 37.7 Å². The van der Waals surface area contributed by atoms with Crippen LogP contribution in [0.15, 0.2) is 29.2 Å². The Morgan fingerprint density at radius 1 is 1.13 bits per heavy atom. The topological polar surface area (TPSA) is 80.3 Å². The predicted octanol–water partition coefficient (Wildman–Crippen LogP) is 2.66. The monoisotopic (exact) mass is 357 g/mol. The van der Waals surface area contributed by atoms with E-state index in [0.29, 0.717) is 12.1 Å². The summed E-state index contributed by atoms with van der Waals surface area (Å²) < 4.78 is 23.0. The van der Waals surface area contributed by atoms with Gasteiger partial charge in [-0.05, 0) is 31.0 Å². The number of nitrogens with one attached hydrogen (secondary N) is 1. The molecule has 1 aromatic rings. The first-order valence-electron chi connectivity index (χ1n) is 7.52. The minimum Gasteiger partial charge on any atom is -0.352 e. The van der Waals surface area contributed by atoms with E-state index in [1.807, 2.05) is 0 Å². The number of unbranched alkanes of at least 4 members (excludes halogenated alkanes) is 3. The van der Waals surface area contributed by atoms with Crippen molar-refractivity contribution in [3.8, 4) is 0 Å². The van der Waals surface area contributed by atoms with E-state index < -0.39 is 9.84 Å². The highest BCUT2D eigenvalue weighted by molar-refractivity contribution is 8.13. The van der Waals surface area contributed by atoms with Crippen molar-refractivity contribution in [1.29, 1.82) is 0 Å². The largest absolute Gasteiger partial charge is 0.352 e. The van der Waals surface area contributed by atoms with Gasteiger partial charge in [0.25, 0.3) is 5.91 Å². The summed E-state index contributed by atoms with van der Waals surface area (Å²) >= 11 is 1.34. The highest BCUT2D eigenvalue weighted by Gasteiger charge is 2.11. The average Bonchev–Trinajstić information content (AvgIpc) is 2.48. The molecule has 0 bridgehead atoms. The van der Waals surface area contributed by atoms with E-state index in [-0.39, 0.29) is 15.9 Å². The van der Waals surface area contributed by atoms with E-state index in [1.54, 1.807) is 19.1 Å². The number of hydrogen-bond donors (Lipinski definition) is 1. The molecule has 0 heterocycles. The summed E-state index contributed by atoms with van der Waals surface area (Å²) in [7, 11) is -3.31. The van der Waals surface area contributed by atoms with Crippen LogP contribution >= 0.6 is 11.8 Å². The van der Waals surface area contributed by atoms with Gasteiger partial charge in [0.15, 0.2) is 15.0 Å². The zero-order valence-corrected chi connectivity index (χ0v) is 15.1. The summed E-state index contributed by atoms with van der Waals surface area (Å²) in [6, 6.07) is 6.04. The fraction of sp³-hybridized carbons (Fsp3) is 0.500. The van der Waals surface area contributed by atoms with Crippen LogP contribution in [0.25, 0.3) is 0 Å². The number of carbonyl (C=O) groups is 2. The van der Waals surface area contributed by atoms with Gasteiger partial charge in [-0.25, -0.2) is 8.42 Å². The van der Waals surface area contributed by atoms with Crippen LogP contribution in [0, 0.1) is 0 Å². The van der Waals surface area contributed by atoms with Gasteiger partial charge in [-0.15, -0.1) is 0 Å². The Bertz CT molecular complexity index is 641. The van der Waals surface area contributed by atoms with E-state index in [1.165, 1.54) is 23.9 Å². The van der Waals surface area contributed by atoms with Crippen LogP contribution in [-0.4, -0.2) is 38.0 Å². The maximum absolute atomic E-state index is 12.0. The van der Waals surface area contributed by atoms with Gasteiger partial charge < -0.3 is 5.32 Å². The Morgan fingerprint density at radius 3 is 2.48 bits per heavy atom. The molecule has 1 rings (SSSR count). The first-order valence-corrected chi connectivity index (χ1v) is 10.4. The molecule has 0 fully saturated rings. The zero-order chi connectivity index (χ0) is 17.3. The second-order valence-electron chi connectivity index (χ2n) is 5.31. The van der Waals surface area contributed by atoms with E-state index in [2.05, 4.69) is 5.32 Å². The fourth-order valence-corrected chi connectivity index (χ4v) is 3.27. The van der Waals surface area contributed by atoms with Crippen molar-refractivity contribution in [2.75, 3.05) is 18.6 Å². The van der Waals surface area contributed by atoms with Gasteiger partial charge in [0.05, 0.1) is 4.90 Å². The smallest absolute Gasteiger partial charge is 0.251 e. The van der Waals surface area contributed by atoms with Crippen molar-refractivity contribution in [3.63, 3.8) is 0 Å². The first-order chi connectivity index (χ1) is 10.8. The molecular formula is C16H23NO4S2. The van der Waals surface area contributed by atoms with Crippen molar-refractivity contribution in [1.82, 2.24) is 5.32 Å². The van der Waals surface area contributed by atoms with Gasteiger partial charge in [0.1, 0.15) is 0 Å². The van der Waals surface area contributed by atoms with Crippen molar-refractivity contribution in [3.05, 3.63) is 29.8 Å². The third-order valence-electron chi connectivity index (χ3n) is 3.19. The number of amides is 1. The van der Waals surface area contributed by atoms with Crippen molar-refractivity contribution in [2.24, 2.45) is 0 Å². The molecule has 0 saturated heterocycles. The molecule has 0 radical (unpaired) electrons. The summed E-state index contributed by atoms with van der Waals surface area (Å²) in [5.41, 5.74) is 0.353. The number of thioether (sulfide) groups is 1. The number of sulfone groups is 1. The predicted molar refractivity (Wildman–Crippen MR) is 93.5 cm³/mol. The Kier molecular flexibility index (Phi) is 8.33. The van der Waals surface area contributed by atoms with Crippen LogP contribution < -0.4 is 5.32 Å². The molecule has 128 valence electrons. The molecule has 0 unspecified atom stereocenters. The summed E-state index contributed by atoms with van der Waals surface area (Å²) in [5.74, 6) is 0.586. The molecule has 1 amide bonds. The number of hydrogen-bond acceptors (Lipinski definition) is 5. The van der Waals surface area contributed by atoms with Gasteiger partial charge >= 0.3 is 0 Å². The van der Waals surface area contributed by atoms with Gasteiger partial charge in [-0.2, -0.15) is 0 Å². The molecule has 0 aliphatic rings. The highest BCUT2D eigenvalue weighted by atomic mass is 32.2. The summed E-state index contributed by atoms with van der Waals surface area (Å²) in [6.45, 7) is 2.13. The number of benzene rings is 1. The summed E-state index contributed by atoms with van der Waals surface area (Å²) in [6.07, 6.45) is 4.99. The van der Waals surface area contributed by atoms with Crippen LogP contribution in [0.4, 0.5) is 0 Å². The van der Waals surface area contributed by atoms with Crippen molar-refractivity contribution in [2.45, 2.75) is 37.5 Å². The normalized spacial score (nSPS) is 11.2. The molecule has 1 N–H and O–H groups in total. The van der Waals surface area contributed by atoms with Crippen LogP contribution in [0.1, 0.15) is 43.0 Å². The Morgan fingerprint density at radius 2 is 1.83 bits per heavy atom. The third-order valence-corrected chi connectivity index (χ3v) is 5.20. The molecule has 0 aromatic heterocycles. The lowest BCUT2D eigenvalue weighted by molar-refractivity contribution is -0.109. The lowest BCUT2D eigenvalue weighted by atomic mass is 10.2. The zero-order valence-electron chi connectivity index (χ0n) is 13.5. The van der Waals surface area contributed by atoms with Gasteiger partial charge in [0, 0.05) is 31.0 Å². The molecular weight excluding hydrogens is 334 g/mol. The van der Waals surface area contributed by atoms with Crippen molar-refractivity contribution >= 4 is 32.6 Å². The number of rotatable bonds is 9. The lowest BCUT2D eigenvalue weighted by Crippen LogP contribution is -2.24. The standard InChI is InChI=1S/C16H23NO4S2/c1-13(18)22-11-6-4-3-5-10-17-16(19)14-8-7-9-15(12-14)23(2,20)21/h7-9,12H,3-6,10-11H2,1-2H3,(H,17,19). The first kappa shape index (κ1) is 19.7. The quantitative estimate of drug-likeness (QED) is 0.687. The van der Waals surface area contributed by atoms with Crippen LogP contribution in [0.2, 0.25) is 0 Å². The van der Waals surface area contributed by atoms with Gasteiger partial charge in [0.2, 0.25) is 0 Å². The van der Waals surface area contributed by atoms with Crippen LogP contribution in [0.5, 0.6) is 0 Å². The molecule has 23 heavy (non-hydrogen) atoms. The molecule has 0 spiro atoms. The fourth-order valence-electron chi connectivity index (χ4n) is 1.97. The Hall–Kier alpha value is -1.34. The highest BCUT2D eigenvalue weighted by Crippen LogP contribution is 2.11.